The van der Waals surface area contributed by atoms with Gasteiger partial charge in [0.15, 0.2) is 14.8 Å². The minimum absolute atomic E-state index is 0.0633. The summed E-state index contributed by atoms with van der Waals surface area (Å²) < 4.78 is 22.7. The first-order chi connectivity index (χ1) is 8.75. The van der Waals surface area contributed by atoms with Crippen molar-refractivity contribution in [3.05, 3.63) is 16.2 Å². The van der Waals surface area contributed by atoms with Crippen LogP contribution in [-0.2, 0) is 9.84 Å². The van der Waals surface area contributed by atoms with Crippen molar-refractivity contribution in [2.24, 2.45) is 0 Å². The summed E-state index contributed by atoms with van der Waals surface area (Å²) in [5, 5.41) is 23.3. The average Bonchev–Trinajstić information content (AvgIpc) is 2.70. The van der Waals surface area contributed by atoms with Crippen LogP contribution >= 0.6 is 11.3 Å². The van der Waals surface area contributed by atoms with Gasteiger partial charge in [0.2, 0.25) is 0 Å². The van der Waals surface area contributed by atoms with Crippen molar-refractivity contribution in [1.82, 2.24) is 0 Å². The Bertz CT molecular complexity index is 552. The quantitative estimate of drug-likeness (QED) is 0.585. The van der Waals surface area contributed by atoms with E-state index < -0.39 is 20.9 Å². The summed E-state index contributed by atoms with van der Waals surface area (Å²) in [4.78, 5) is 10.2. The third kappa shape index (κ3) is 4.44. The molecule has 0 spiro atoms. The molecule has 0 aromatic carbocycles. The summed E-state index contributed by atoms with van der Waals surface area (Å²) in [6.45, 7) is 2.07. The Labute approximate surface area is 115 Å². The van der Waals surface area contributed by atoms with Crippen LogP contribution in [0.3, 0.4) is 0 Å². The lowest BCUT2D eigenvalue weighted by Gasteiger charge is -2.09. The lowest BCUT2D eigenvalue weighted by atomic mass is 10.2. The SMILES string of the molecule is CCCC(O)CNc1sc(S(C)(=O)=O)cc1[N+](=O)[O-]. The Morgan fingerprint density at radius 1 is 1.58 bits per heavy atom. The highest BCUT2D eigenvalue weighted by Gasteiger charge is 2.23. The molecule has 0 fully saturated rings. The number of hydrogen-bond acceptors (Lipinski definition) is 7. The van der Waals surface area contributed by atoms with Crippen LogP contribution in [0.4, 0.5) is 10.7 Å². The van der Waals surface area contributed by atoms with E-state index in [1.807, 2.05) is 6.92 Å². The zero-order chi connectivity index (χ0) is 14.6. The van der Waals surface area contributed by atoms with Crippen LogP contribution in [-0.4, -0.2) is 37.4 Å². The number of sulfone groups is 1. The molecule has 0 bridgehead atoms. The fourth-order valence-corrected chi connectivity index (χ4v) is 3.40. The van der Waals surface area contributed by atoms with Gasteiger partial charge in [-0.1, -0.05) is 24.7 Å². The molecule has 1 rings (SSSR count). The number of rotatable bonds is 7. The molecular weight excluding hydrogens is 292 g/mol. The third-order valence-electron chi connectivity index (χ3n) is 2.37. The highest BCUT2D eigenvalue weighted by molar-refractivity contribution is 7.92. The van der Waals surface area contributed by atoms with Crippen LogP contribution in [0.2, 0.25) is 0 Å². The second-order valence-corrected chi connectivity index (χ2v) is 7.43. The molecule has 1 heterocycles. The number of nitro groups is 1. The highest BCUT2D eigenvalue weighted by Crippen LogP contribution is 2.36. The van der Waals surface area contributed by atoms with Crippen LogP contribution in [0.15, 0.2) is 10.3 Å². The lowest BCUT2D eigenvalue weighted by Crippen LogP contribution is -2.18. The number of anilines is 1. The van der Waals surface area contributed by atoms with Gasteiger partial charge in [-0.25, -0.2) is 8.42 Å². The largest absolute Gasteiger partial charge is 0.391 e. The molecule has 19 heavy (non-hydrogen) atoms. The Morgan fingerprint density at radius 2 is 2.21 bits per heavy atom. The van der Waals surface area contributed by atoms with Gasteiger partial charge in [-0.15, -0.1) is 0 Å². The Morgan fingerprint density at radius 3 is 2.68 bits per heavy atom. The van der Waals surface area contributed by atoms with Crippen molar-refractivity contribution in [1.29, 1.82) is 0 Å². The Kier molecular flexibility index (Phi) is 5.27. The molecule has 108 valence electrons. The molecule has 0 saturated heterocycles. The molecular formula is C10H16N2O5S2. The van der Waals surface area contributed by atoms with Gasteiger partial charge in [0.05, 0.1) is 11.0 Å². The van der Waals surface area contributed by atoms with Crippen molar-refractivity contribution in [2.75, 3.05) is 18.1 Å². The second kappa shape index (κ2) is 6.31. The number of nitrogens with zero attached hydrogens (tertiary/aromatic N) is 1. The number of thiophene rings is 1. The van der Waals surface area contributed by atoms with Gasteiger partial charge < -0.3 is 10.4 Å². The van der Waals surface area contributed by atoms with Crippen LogP contribution in [0.5, 0.6) is 0 Å². The molecule has 2 N–H and O–H groups in total. The zero-order valence-corrected chi connectivity index (χ0v) is 12.3. The van der Waals surface area contributed by atoms with Crippen LogP contribution in [0, 0.1) is 10.1 Å². The van der Waals surface area contributed by atoms with Crippen molar-refractivity contribution < 1.29 is 18.4 Å². The van der Waals surface area contributed by atoms with E-state index in [9.17, 15) is 23.6 Å². The summed E-state index contributed by atoms with van der Waals surface area (Å²) in [7, 11) is -3.48. The molecule has 1 unspecified atom stereocenters. The highest BCUT2D eigenvalue weighted by atomic mass is 32.2. The van der Waals surface area contributed by atoms with Gasteiger partial charge in [0.1, 0.15) is 4.21 Å². The second-order valence-electron chi connectivity index (χ2n) is 4.13. The van der Waals surface area contributed by atoms with Gasteiger partial charge in [0, 0.05) is 18.9 Å². The van der Waals surface area contributed by atoms with Gasteiger partial charge >= 0.3 is 5.69 Å². The molecule has 1 aromatic rings. The van der Waals surface area contributed by atoms with Gasteiger partial charge in [-0.2, -0.15) is 0 Å². The van der Waals surface area contributed by atoms with Crippen LogP contribution in [0.1, 0.15) is 19.8 Å². The summed E-state index contributed by atoms with van der Waals surface area (Å²) in [5.74, 6) is 0. The minimum Gasteiger partial charge on any atom is -0.391 e. The van der Waals surface area contributed by atoms with E-state index in [1.54, 1.807) is 0 Å². The maximum absolute atomic E-state index is 11.4. The fraction of sp³-hybridized carbons (Fsp3) is 0.600. The van der Waals surface area contributed by atoms with E-state index in [0.29, 0.717) is 6.42 Å². The first-order valence-electron chi connectivity index (χ1n) is 5.66. The Balaban J connectivity index is 2.93. The average molecular weight is 308 g/mol. The fourth-order valence-electron chi connectivity index (χ4n) is 1.45. The molecule has 0 radical (unpaired) electrons. The van der Waals surface area contributed by atoms with Crippen LogP contribution in [0.25, 0.3) is 0 Å². The maximum Gasteiger partial charge on any atom is 0.304 e. The smallest absolute Gasteiger partial charge is 0.304 e. The van der Waals surface area contributed by atoms with Crippen molar-refractivity contribution in [2.45, 2.75) is 30.1 Å². The monoisotopic (exact) mass is 308 g/mol. The minimum atomic E-state index is -3.48. The molecule has 7 nitrogen and oxygen atoms in total. The number of nitrogens with one attached hydrogen (secondary N) is 1. The summed E-state index contributed by atoms with van der Waals surface area (Å²) >= 11 is 0.803. The third-order valence-corrected chi connectivity index (χ3v) is 5.26. The molecule has 0 aliphatic heterocycles. The van der Waals surface area contributed by atoms with E-state index in [1.165, 1.54) is 0 Å². The number of aliphatic hydroxyl groups is 1. The van der Waals surface area contributed by atoms with Crippen LogP contribution < -0.4 is 5.32 Å². The molecule has 9 heteroatoms. The molecule has 1 atom stereocenters. The van der Waals surface area contributed by atoms with E-state index in [0.717, 1.165) is 30.1 Å². The first-order valence-corrected chi connectivity index (χ1v) is 8.36. The van der Waals surface area contributed by atoms with Crippen molar-refractivity contribution in [3.8, 4) is 0 Å². The van der Waals surface area contributed by atoms with E-state index >= 15 is 0 Å². The predicted octanol–water partition coefficient (Wildman–Crippen LogP) is 1.63. The zero-order valence-electron chi connectivity index (χ0n) is 10.6. The van der Waals surface area contributed by atoms with Gasteiger partial charge in [-0.3, -0.25) is 10.1 Å². The first kappa shape index (κ1) is 15.9. The molecule has 1 aromatic heterocycles. The van der Waals surface area contributed by atoms with E-state index in [-0.39, 0.29) is 21.4 Å². The van der Waals surface area contributed by atoms with Crippen molar-refractivity contribution >= 4 is 31.9 Å². The summed E-state index contributed by atoms with van der Waals surface area (Å²) in [6, 6.07) is 1.04. The van der Waals surface area contributed by atoms with Crippen molar-refractivity contribution in [3.63, 3.8) is 0 Å². The lowest BCUT2D eigenvalue weighted by molar-refractivity contribution is -0.383. The predicted molar refractivity (Wildman–Crippen MR) is 73.5 cm³/mol. The van der Waals surface area contributed by atoms with E-state index in [2.05, 4.69) is 5.32 Å². The molecule has 0 amide bonds. The standard InChI is InChI=1S/C10H16N2O5S2/c1-3-4-7(13)6-11-10-8(12(14)15)5-9(18-10)19(2,16)17/h5,7,11,13H,3-4,6H2,1-2H3. The Hall–Kier alpha value is -1.19. The number of aliphatic hydroxyl groups excluding tert-OH is 1. The maximum atomic E-state index is 11.4. The molecule has 0 aliphatic rings. The molecule has 0 aliphatic carbocycles. The number of hydrogen-bond donors (Lipinski definition) is 2. The summed E-state index contributed by atoms with van der Waals surface area (Å²) in [5.41, 5.74) is -0.283. The topological polar surface area (TPSA) is 110 Å². The molecule has 0 saturated carbocycles. The van der Waals surface area contributed by atoms with Gasteiger partial charge in [0.25, 0.3) is 0 Å². The van der Waals surface area contributed by atoms with E-state index in [4.69, 9.17) is 0 Å². The van der Waals surface area contributed by atoms with Gasteiger partial charge in [-0.05, 0) is 6.42 Å². The summed E-state index contributed by atoms with van der Waals surface area (Å²) in [6.07, 6.45) is 1.75. The normalized spacial score (nSPS) is 13.2.